The summed E-state index contributed by atoms with van der Waals surface area (Å²) >= 11 is 2.13. The highest BCUT2D eigenvalue weighted by atomic mass is 32.2. The first kappa shape index (κ1) is 10.2. The number of fused-ring (bicyclic) bond motifs is 2. The highest BCUT2D eigenvalue weighted by Gasteiger charge is 2.39. The highest BCUT2D eigenvalue weighted by molar-refractivity contribution is 8.00. The summed E-state index contributed by atoms with van der Waals surface area (Å²) in [5, 5.41) is 0.847. The molecule has 0 amide bonds. The Morgan fingerprint density at radius 1 is 1.35 bits per heavy atom. The van der Waals surface area contributed by atoms with Gasteiger partial charge in [-0.05, 0) is 26.2 Å². The molecule has 3 fully saturated rings. The van der Waals surface area contributed by atoms with E-state index in [2.05, 4.69) is 34.6 Å². The third-order valence-corrected chi connectivity index (χ3v) is 5.39. The minimum absolute atomic E-state index is 0.655. The van der Waals surface area contributed by atoms with Gasteiger partial charge in [0, 0.05) is 41.3 Å². The van der Waals surface area contributed by atoms with Gasteiger partial charge in [0.2, 0.25) is 0 Å². The van der Waals surface area contributed by atoms with Gasteiger partial charge in [0.25, 0.3) is 0 Å². The number of rotatable bonds is 2. The predicted octanol–water partition coefficient (Wildman–Crippen LogP) is 2.36. The first-order valence-corrected chi connectivity index (χ1v) is 7.58. The summed E-state index contributed by atoms with van der Waals surface area (Å²) in [5.41, 5.74) is 1.13. The van der Waals surface area contributed by atoms with Crippen molar-refractivity contribution in [1.29, 1.82) is 0 Å². The molecular formula is C13H17N3S. The van der Waals surface area contributed by atoms with E-state index in [-0.39, 0.29) is 0 Å². The average Bonchev–Trinajstić information content (AvgIpc) is 2.97. The second-order valence-corrected chi connectivity index (χ2v) is 6.83. The Morgan fingerprint density at radius 3 is 2.88 bits per heavy atom. The van der Waals surface area contributed by atoms with Crippen LogP contribution in [0.4, 0.5) is 5.82 Å². The van der Waals surface area contributed by atoms with Crippen LogP contribution in [0.2, 0.25) is 0 Å². The van der Waals surface area contributed by atoms with Crippen LogP contribution in [0, 0.1) is 6.92 Å². The molecule has 0 N–H and O–H groups in total. The molecule has 1 aromatic heterocycles. The molecule has 17 heavy (non-hydrogen) atoms. The lowest BCUT2D eigenvalue weighted by Gasteiger charge is -2.28. The van der Waals surface area contributed by atoms with E-state index in [0.717, 1.165) is 22.8 Å². The van der Waals surface area contributed by atoms with Gasteiger partial charge in [-0.25, -0.2) is 9.97 Å². The van der Waals surface area contributed by atoms with Gasteiger partial charge < -0.3 is 4.90 Å². The third kappa shape index (κ3) is 1.73. The molecule has 2 saturated heterocycles. The topological polar surface area (TPSA) is 29.0 Å². The van der Waals surface area contributed by atoms with Gasteiger partial charge in [-0.15, -0.1) is 0 Å². The van der Waals surface area contributed by atoms with E-state index in [9.17, 15) is 0 Å². The Kier molecular flexibility index (Phi) is 2.16. The molecule has 2 aliphatic heterocycles. The Bertz CT molecular complexity index is 458. The van der Waals surface area contributed by atoms with Crippen LogP contribution in [0.3, 0.4) is 0 Å². The number of thioether (sulfide) groups is 1. The van der Waals surface area contributed by atoms with Gasteiger partial charge in [-0.2, -0.15) is 11.8 Å². The van der Waals surface area contributed by atoms with Crippen molar-refractivity contribution in [2.75, 3.05) is 17.2 Å². The monoisotopic (exact) mass is 247 g/mol. The normalized spacial score (nSPS) is 31.2. The van der Waals surface area contributed by atoms with E-state index in [4.69, 9.17) is 4.98 Å². The minimum Gasteiger partial charge on any atom is -0.352 e. The molecule has 3 aliphatic rings. The van der Waals surface area contributed by atoms with E-state index in [1.807, 2.05) is 0 Å². The van der Waals surface area contributed by atoms with Crippen molar-refractivity contribution in [3.05, 3.63) is 17.6 Å². The molecule has 1 saturated carbocycles. The Hall–Kier alpha value is -0.770. The van der Waals surface area contributed by atoms with E-state index >= 15 is 0 Å². The smallest absolute Gasteiger partial charge is 0.134 e. The van der Waals surface area contributed by atoms with E-state index in [0.29, 0.717) is 5.92 Å². The standard InChI is InChI=1S/C13H17N3S/c1-8-4-12(15-13(14-8)9-2-3-9)16-6-11-5-10(16)7-17-11/h4,9-11H,2-3,5-7H2,1H3/t10-,11+/m0/s1. The van der Waals surface area contributed by atoms with Crippen molar-refractivity contribution in [2.45, 2.75) is 43.4 Å². The predicted molar refractivity (Wildman–Crippen MR) is 70.7 cm³/mol. The number of hydrogen-bond donors (Lipinski definition) is 0. The second kappa shape index (κ2) is 3.61. The molecule has 0 unspecified atom stereocenters. The number of aryl methyl sites for hydroxylation is 1. The van der Waals surface area contributed by atoms with E-state index in [1.54, 1.807) is 0 Å². The summed E-state index contributed by atoms with van der Waals surface area (Å²) in [7, 11) is 0. The summed E-state index contributed by atoms with van der Waals surface area (Å²) in [5.74, 6) is 4.22. The molecule has 2 atom stereocenters. The molecule has 1 aromatic rings. The van der Waals surface area contributed by atoms with Crippen molar-refractivity contribution >= 4 is 17.6 Å². The van der Waals surface area contributed by atoms with Crippen molar-refractivity contribution in [1.82, 2.24) is 9.97 Å². The fourth-order valence-electron chi connectivity index (χ4n) is 2.93. The van der Waals surface area contributed by atoms with Crippen molar-refractivity contribution < 1.29 is 0 Å². The third-order valence-electron chi connectivity index (χ3n) is 4.00. The summed E-state index contributed by atoms with van der Waals surface area (Å²) in [6, 6.07) is 2.89. The molecule has 0 aromatic carbocycles. The molecule has 3 heterocycles. The molecule has 0 spiro atoms. The lowest BCUT2D eigenvalue weighted by Crippen LogP contribution is -2.34. The fourth-order valence-corrected chi connectivity index (χ4v) is 4.36. The van der Waals surface area contributed by atoms with Gasteiger partial charge >= 0.3 is 0 Å². The molecule has 3 nitrogen and oxygen atoms in total. The Labute approximate surface area is 106 Å². The first-order valence-electron chi connectivity index (χ1n) is 6.53. The van der Waals surface area contributed by atoms with Gasteiger partial charge in [0.1, 0.15) is 11.6 Å². The highest BCUT2D eigenvalue weighted by Crippen LogP contribution is 2.42. The van der Waals surface area contributed by atoms with Gasteiger partial charge in [0.15, 0.2) is 0 Å². The number of hydrogen-bond acceptors (Lipinski definition) is 4. The van der Waals surface area contributed by atoms with E-state index in [1.165, 1.54) is 37.4 Å². The Balaban J connectivity index is 1.68. The lowest BCUT2D eigenvalue weighted by molar-refractivity contribution is 0.741. The zero-order valence-corrected chi connectivity index (χ0v) is 10.9. The zero-order valence-electron chi connectivity index (χ0n) is 10.1. The summed E-state index contributed by atoms with van der Waals surface area (Å²) < 4.78 is 0. The molecule has 1 aliphatic carbocycles. The summed E-state index contributed by atoms with van der Waals surface area (Å²) in [4.78, 5) is 11.9. The maximum atomic E-state index is 4.80. The number of nitrogens with zero attached hydrogens (tertiary/aromatic N) is 3. The average molecular weight is 247 g/mol. The molecule has 0 radical (unpaired) electrons. The Morgan fingerprint density at radius 2 is 2.24 bits per heavy atom. The first-order chi connectivity index (χ1) is 8.29. The number of aromatic nitrogens is 2. The van der Waals surface area contributed by atoms with Gasteiger partial charge in [-0.1, -0.05) is 0 Å². The lowest BCUT2D eigenvalue weighted by atomic mass is 10.2. The van der Waals surface area contributed by atoms with Crippen molar-refractivity contribution in [2.24, 2.45) is 0 Å². The largest absolute Gasteiger partial charge is 0.352 e. The van der Waals surface area contributed by atoms with E-state index < -0.39 is 0 Å². The fraction of sp³-hybridized carbons (Fsp3) is 0.692. The van der Waals surface area contributed by atoms with Crippen molar-refractivity contribution in [3.8, 4) is 0 Å². The summed E-state index contributed by atoms with van der Waals surface area (Å²) in [6.07, 6.45) is 3.92. The quantitative estimate of drug-likeness (QED) is 0.802. The molecule has 90 valence electrons. The van der Waals surface area contributed by atoms with Crippen LogP contribution in [0.1, 0.15) is 36.7 Å². The summed E-state index contributed by atoms with van der Waals surface area (Å²) in [6.45, 7) is 3.29. The zero-order chi connectivity index (χ0) is 11.4. The van der Waals surface area contributed by atoms with Crippen LogP contribution in [0.15, 0.2) is 6.07 Å². The van der Waals surface area contributed by atoms with Crippen LogP contribution < -0.4 is 4.90 Å². The van der Waals surface area contributed by atoms with Crippen LogP contribution in [-0.2, 0) is 0 Å². The van der Waals surface area contributed by atoms with Crippen LogP contribution in [0.25, 0.3) is 0 Å². The van der Waals surface area contributed by atoms with Gasteiger partial charge in [0.05, 0.1) is 0 Å². The van der Waals surface area contributed by atoms with Crippen LogP contribution in [0.5, 0.6) is 0 Å². The van der Waals surface area contributed by atoms with Gasteiger partial charge in [-0.3, -0.25) is 0 Å². The minimum atomic E-state index is 0.655. The SMILES string of the molecule is Cc1cc(N2C[C@H]3C[C@H]2CS3)nc(C2CC2)n1. The molecule has 4 rings (SSSR count). The second-order valence-electron chi connectivity index (χ2n) is 5.50. The van der Waals surface area contributed by atoms with Crippen molar-refractivity contribution in [3.63, 3.8) is 0 Å². The maximum absolute atomic E-state index is 4.80. The molecule has 4 heteroatoms. The molecule has 2 bridgehead atoms. The van der Waals surface area contributed by atoms with Crippen LogP contribution in [-0.4, -0.2) is 33.6 Å². The molecular weight excluding hydrogens is 230 g/mol. The number of anilines is 1. The van der Waals surface area contributed by atoms with Crippen LogP contribution >= 0.6 is 11.8 Å². The maximum Gasteiger partial charge on any atom is 0.134 e.